The molecule has 0 spiro atoms. The molecule has 2 heterocycles. The maximum atomic E-state index is 13.5. The van der Waals surface area contributed by atoms with Crippen molar-refractivity contribution >= 4 is 27.2 Å². The van der Waals surface area contributed by atoms with E-state index in [-0.39, 0.29) is 16.5 Å². The van der Waals surface area contributed by atoms with Gasteiger partial charge >= 0.3 is 0 Å². The Bertz CT molecular complexity index is 626. The molecule has 18 heavy (non-hydrogen) atoms. The largest absolute Gasteiger partial charge is 0.356 e. The summed E-state index contributed by atoms with van der Waals surface area (Å²) in [6.07, 6.45) is 0. The number of aromatic nitrogens is 1. The van der Waals surface area contributed by atoms with Crippen molar-refractivity contribution in [2.45, 2.75) is 24.4 Å². The van der Waals surface area contributed by atoms with E-state index in [0.717, 1.165) is 0 Å². The van der Waals surface area contributed by atoms with Gasteiger partial charge in [-0.1, -0.05) is 5.16 Å². The highest BCUT2D eigenvalue weighted by atomic mass is 32.2. The Balaban J connectivity index is 2.23. The Hall–Kier alpha value is -1.41. The first kappa shape index (κ1) is 13.0. The van der Waals surface area contributed by atoms with Crippen LogP contribution in [0, 0.1) is 0 Å². The number of halogens is 1. The first-order valence-corrected chi connectivity index (χ1v) is 7.43. The summed E-state index contributed by atoms with van der Waals surface area (Å²) in [5.74, 6) is -0.0764. The van der Waals surface area contributed by atoms with E-state index in [0.29, 0.717) is 0 Å². The molecule has 0 saturated heterocycles. The molecule has 8 heteroatoms. The molecule has 0 aliphatic heterocycles. The maximum absolute atomic E-state index is 13.5. The molecule has 0 aromatic carbocycles. The molecular weight excluding hydrogens is 279 g/mol. The van der Waals surface area contributed by atoms with E-state index in [1.54, 1.807) is 5.38 Å². The van der Waals surface area contributed by atoms with Gasteiger partial charge in [0, 0.05) is 11.4 Å². The Kier molecular flexibility index (Phi) is 3.16. The fourth-order valence-electron chi connectivity index (χ4n) is 1.20. The maximum Gasteiger partial charge on any atom is 0.263 e. The van der Waals surface area contributed by atoms with Gasteiger partial charge in [0.15, 0.2) is 17.2 Å². The lowest BCUT2D eigenvalue weighted by Crippen LogP contribution is -2.12. The quantitative estimate of drug-likeness (QED) is 0.939. The van der Waals surface area contributed by atoms with Crippen molar-refractivity contribution in [2.75, 3.05) is 4.72 Å². The van der Waals surface area contributed by atoms with Crippen molar-refractivity contribution in [3.05, 3.63) is 28.7 Å². The summed E-state index contributed by atoms with van der Waals surface area (Å²) >= 11 is 1.26. The van der Waals surface area contributed by atoms with E-state index >= 15 is 0 Å². The van der Waals surface area contributed by atoms with Crippen LogP contribution < -0.4 is 4.72 Å². The molecule has 0 aliphatic carbocycles. The summed E-state index contributed by atoms with van der Waals surface area (Å²) in [5.41, 5.74) is -1.71. The van der Waals surface area contributed by atoms with Crippen LogP contribution in [0.1, 0.15) is 19.6 Å². The number of hydrogen-bond donors (Lipinski definition) is 1. The van der Waals surface area contributed by atoms with Crippen molar-refractivity contribution in [3.63, 3.8) is 0 Å². The summed E-state index contributed by atoms with van der Waals surface area (Å²) in [5, 5.41) is 6.61. The minimum absolute atomic E-state index is 0.0366. The summed E-state index contributed by atoms with van der Waals surface area (Å²) in [6.45, 7) is 2.59. The molecule has 0 amide bonds. The Morgan fingerprint density at radius 2 is 2.22 bits per heavy atom. The molecule has 1 N–H and O–H groups in total. The molecule has 0 radical (unpaired) electrons. The summed E-state index contributed by atoms with van der Waals surface area (Å²) < 4.78 is 44.2. The zero-order valence-corrected chi connectivity index (χ0v) is 11.3. The van der Waals surface area contributed by atoms with Gasteiger partial charge in [-0.15, -0.1) is 0 Å². The highest BCUT2D eigenvalue weighted by molar-refractivity contribution is 7.92. The monoisotopic (exact) mass is 290 g/mol. The average Bonchev–Trinajstić information content (AvgIpc) is 2.83. The van der Waals surface area contributed by atoms with Gasteiger partial charge in [-0.05, 0) is 25.3 Å². The van der Waals surface area contributed by atoms with E-state index in [1.165, 1.54) is 42.7 Å². The second-order valence-electron chi connectivity index (χ2n) is 4.11. The van der Waals surface area contributed by atoms with E-state index in [4.69, 9.17) is 4.52 Å². The highest BCUT2D eigenvalue weighted by Gasteiger charge is 2.26. The molecule has 0 fully saturated rings. The lowest BCUT2D eigenvalue weighted by Gasteiger charge is -2.07. The van der Waals surface area contributed by atoms with Crippen molar-refractivity contribution in [1.82, 2.24) is 5.16 Å². The Labute approximate surface area is 108 Å². The fourth-order valence-corrected chi connectivity index (χ4v) is 3.22. The number of hydrogen-bond acceptors (Lipinski definition) is 5. The van der Waals surface area contributed by atoms with Gasteiger partial charge in [0.2, 0.25) is 0 Å². The lowest BCUT2D eigenvalue weighted by molar-refractivity contribution is 0.163. The third kappa shape index (κ3) is 2.70. The molecule has 0 unspecified atom stereocenters. The fraction of sp³-hybridized carbons (Fsp3) is 0.300. The van der Waals surface area contributed by atoms with Crippen LogP contribution in [0.2, 0.25) is 0 Å². The molecule has 0 saturated carbocycles. The predicted molar refractivity (Wildman–Crippen MR) is 65.8 cm³/mol. The number of sulfonamides is 1. The van der Waals surface area contributed by atoms with Crippen LogP contribution in [0.3, 0.4) is 0 Å². The van der Waals surface area contributed by atoms with Crippen LogP contribution >= 0.6 is 11.3 Å². The van der Waals surface area contributed by atoms with Crippen LogP contribution in [-0.2, 0) is 15.7 Å². The van der Waals surface area contributed by atoms with Crippen molar-refractivity contribution in [2.24, 2.45) is 0 Å². The van der Waals surface area contributed by atoms with Gasteiger partial charge in [0.05, 0.1) is 4.90 Å². The molecule has 0 bridgehead atoms. The molecular formula is C10H11FN2O3S2. The van der Waals surface area contributed by atoms with Gasteiger partial charge in [0.25, 0.3) is 10.0 Å². The zero-order chi connectivity index (χ0) is 13.4. The van der Waals surface area contributed by atoms with Gasteiger partial charge in [-0.3, -0.25) is 4.72 Å². The van der Waals surface area contributed by atoms with Crippen LogP contribution in [0.15, 0.2) is 32.3 Å². The van der Waals surface area contributed by atoms with Gasteiger partial charge in [-0.2, -0.15) is 11.3 Å². The topological polar surface area (TPSA) is 72.2 Å². The lowest BCUT2D eigenvalue weighted by atomic mass is 10.1. The third-order valence-corrected chi connectivity index (χ3v) is 4.33. The van der Waals surface area contributed by atoms with Crippen LogP contribution in [0.25, 0.3) is 0 Å². The number of alkyl halides is 1. The second kappa shape index (κ2) is 4.36. The number of nitrogens with one attached hydrogen (secondary N) is 1. The normalized spacial score (nSPS) is 12.6. The Morgan fingerprint density at radius 3 is 2.72 bits per heavy atom. The van der Waals surface area contributed by atoms with E-state index < -0.39 is 15.7 Å². The molecule has 2 rings (SSSR count). The SMILES string of the molecule is CC(C)(F)c1cc(NS(=O)(=O)c2ccsc2)no1. The van der Waals surface area contributed by atoms with Crippen LogP contribution in [0.5, 0.6) is 0 Å². The first-order chi connectivity index (χ1) is 8.29. The number of rotatable bonds is 4. The van der Waals surface area contributed by atoms with Gasteiger partial charge < -0.3 is 4.52 Å². The second-order valence-corrected chi connectivity index (χ2v) is 6.58. The molecule has 0 atom stereocenters. The van der Waals surface area contributed by atoms with E-state index in [2.05, 4.69) is 9.88 Å². The van der Waals surface area contributed by atoms with Gasteiger partial charge in [0.1, 0.15) is 0 Å². The minimum atomic E-state index is -3.69. The molecule has 5 nitrogen and oxygen atoms in total. The Morgan fingerprint density at radius 1 is 1.50 bits per heavy atom. The molecule has 98 valence electrons. The molecule has 2 aromatic rings. The smallest absolute Gasteiger partial charge is 0.263 e. The average molecular weight is 290 g/mol. The predicted octanol–water partition coefficient (Wildman–Crippen LogP) is 2.74. The summed E-state index contributed by atoms with van der Waals surface area (Å²) in [7, 11) is -3.69. The number of anilines is 1. The standard InChI is InChI=1S/C10H11FN2O3S2/c1-10(2,11)8-5-9(12-16-8)13-18(14,15)7-3-4-17-6-7/h3-6H,1-2H3,(H,12,13). The number of nitrogens with zero attached hydrogens (tertiary/aromatic N) is 1. The summed E-state index contributed by atoms with van der Waals surface area (Å²) in [4.78, 5) is 0.136. The van der Waals surface area contributed by atoms with Crippen molar-refractivity contribution in [3.8, 4) is 0 Å². The minimum Gasteiger partial charge on any atom is -0.356 e. The number of thiophene rings is 1. The van der Waals surface area contributed by atoms with Crippen molar-refractivity contribution in [1.29, 1.82) is 0 Å². The van der Waals surface area contributed by atoms with Crippen LogP contribution in [-0.4, -0.2) is 13.6 Å². The first-order valence-electron chi connectivity index (χ1n) is 5.00. The van der Waals surface area contributed by atoms with Gasteiger partial charge in [-0.25, -0.2) is 12.8 Å². The zero-order valence-electron chi connectivity index (χ0n) is 9.68. The van der Waals surface area contributed by atoms with Crippen molar-refractivity contribution < 1.29 is 17.3 Å². The van der Waals surface area contributed by atoms with E-state index in [9.17, 15) is 12.8 Å². The molecule has 0 aliphatic rings. The van der Waals surface area contributed by atoms with Crippen LogP contribution in [0.4, 0.5) is 10.2 Å². The highest BCUT2D eigenvalue weighted by Crippen LogP contribution is 2.27. The molecule has 2 aromatic heterocycles. The third-order valence-electron chi connectivity index (χ3n) is 2.14. The van der Waals surface area contributed by atoms with E-state index in [1.807, 2.05) is 0 Å². The summed E-state index contributed by atoms with van der Waals surface area (Å²) in [6, 6.07) is 2.69.